The zero-order valence-corrected chi connectivity index (χ0v) is 19.9. The summed E-state index contributed by atoms with van der Waals surface area (Å²) in [6, 6.07) is 17.8. The monoisotopic (exact) mass is 478 g/mol. The lowest BCUT2D eigenvalue weighted by Gasteiger charge is -2.46. The Morgan fingerprint density at radius 3 is 2.12 bits per heavy atom. The Hall–Kier alpha value is -3.31. The molecule has 2 heterocycles. The number of thioether (sulfide) groups is 1. The van der Waals surface area contributed by atoms with Crippen molar-refractivity contribution in [3.05, 3.63) is 83.2 Å². The Morgan fingerprint density at radius 1 is 1.00 bits per heavy atom. The first kappa shape index (κ1) is 23.8. The van der Waals surface area contributed by atoms with E-state index < -0.39 is 39.5 Å². The van der Waals surface area contributed by atoms with Gasteiger partial charge in [0, 0.05) is 11.2 Å². The lowest BCUT2D eigenvalue weighted by Crippen LogP contribution is -2.72. The molecule has 0 aliphatic carbocycles. The van der Waals surface area contributed by atoms with Gasteiger partial charge in [0.05, 0.1) is 0 Å². The highest BCUT2D eigenvalue weighted by Gasteiger charge is 2.75. The molecule has 8 heteroatoms. The molecule has 3 atom stereocenters. The predicted octanol–water partition coefficient (Wildman–Crippen LogP) is 3.97. The minimum Gasteiger partial charge on any atom is -0.461 e. The van der Waals surface area contributed by atoms with Crippen LogP contribution < -0.4 is 0 Å². The van der Waals surface area contributed by atoms with Crippen LogP contribution in [0.1, 0.15) is 37.8 Å². The third-order valence-electron chi connectivity index (χ3n) is 6.46. The van der Waals surface area contributed by atoms with Crippen molar-refractivity contribution in [2.45, 2.75) is 61.6 Å². The maximum Gasteiger partial charge on any atom is 0.333 e. The van der Waals surface area contributed by atoms with Gasteiger partial charge >= 0.3 is 23.9 Å². The number of carbonyl (C=O) groups excluding carboxylic acids is 3. The largest absolute Gasteiger partial charge is 0.461 e. The Morgan fingerprint density at radius 2 is 1.56 bits per heavy atom. The van der Waals surface area contributed by atoms with Gasteiger partial charge in [-0.3, -0.25) is 19.3 Å². The third-order valence-corrected chi connectivity index (χ3v) is 8.10. The number of hydrogen-bond donors (Lipinski definition) is 0. The SMILES string of the molecule is [C-]#[N+][C@H]1C(=O)N2[C@@H]1SC(C)(C)[C@]2(CCC(=O)OCc1ccccc1)C(=O)OCc1ccccc1. The fourth-order valence-electron chi connectivity index (χ4n) is 4.58. The van der Waals surface area contributed by atoms with Crippen LogP contribution in [-0.4, -0.2) is 44.4 Å². The second-order valence-corrected chi connectivity index (χ2v) is 10.6. The normalized spacial score (nSPS) is 24.5. The maximum absolute atomic E-state index is 13.6. The molecule has 2 aliphatic rings. The van der Waals surface area contributed by atoms with E-state index in [0.29, 0.717) is 0 Å². The van der Waals surface area contributed by atoms with Crippen molar-refractivity contribution >= 4 is 29.6 Å². The second kappa shape index (κ2) is 9.51. The summed E-state index contributed by atoms with van der Waals surface area (Å²) in [5, 5.41) is -0.440. The fourth-order valence-corrected chi connectivity index (χ4v) is 6.36. The molecule has 34 heavy (non-hydrogen) atoms. The molecule has 2 aromatic rings. The summed E-state index contributed by atoms with van der Waals surface area (Å²) in [7, 11) is 0. The van der Waals surface area contributed by atoms with Gasteiger partial charge in [-0.2, -0.15) is 0 Å². The number of fused-ring (bicyclic) bond motifs is 1. The van der Waals surface area contributed by atoms with Gasteiger partial charge in [-0.15, -0.1) is 11.8 Å². The molecule has 0 radical (unpaired) electrons. The van der Waals surface area contributed by atoms with Crippen LogP contribution in [0.4, 0.5) is 0 Å². The van der Waals surface area contributed by atoms with Crippen molar-refractivity contribution in [2.75, 3.05) is 0 Å². The molecule has 0 saturated carbocycles. The Bertz CT molecular complexity index is 1120. The van der Waals surface area contributed by atoms with Crippen molar-refractivity contribution in [2.24, 2.45) is 0 Å². The molecule has 0 spiro atoms. The summed E-state index contributed by atoms with van der Waals surface area (Å²) in [5.74, 6) is -1.42. The summed E-state index contributed by atoms with van der Waals surface area (Å²) >= 11 is 1.41. The van der Waals surface area contributed by atoms with Gasteiger partial charge in [0.15, 0.2) is 10.9 Å². The van der Waals surface area contributed by atoms with E-state index in [0.717, 1.165) is 11.1 Å². The van der Waals surface area contributed by atoms with Crippen LogP contribution >= 0.6 is 11.8 Å². The summed E-state index contributed by atoms with van der Waals surface area (Å²) in [5.41, 5.74) is 0.311. The van der Waals surface area contributed by atoms with E-state index in [-0.39, 0.29) is 26.1 Å². The van der Waals surface area contributed by atoms with E-state index in [1.165, 1.54) is 16.7 Å². The number of ether oxygens (including phenoxy) is 2. The minimum atomic E-state index is -1.37. The zero-order chi connectivity index (χ0) is 24.3. The molecule has 2 aromatic carbocycles. The molecule has 4 rings (SSSR count). The molecule has 0 aromatic heterocycles. The molecule has 0 N–H and O–H groups in total. The summed E-state index contributed by atoms with van der Waals surface area (Å²) in [4.78, 5) is 44.0. The van der Waals surface area contributed by atoms with E-state index in [1.54, 1.807) is 0 Å². The van der Waals surface area contributed by atoms with Crippen LogP contribution in [0.2, 0.25) is 0 Å². The van der Waals surface area contributed by atoms with E-state index in [1.807, 2.05) is 74.5 Å². The van der Waals surface area contributed by atoms with Crippen molar-refractivity contribution in [1.82, 2.24) is 4.90 Å². The van der Waals surface area contributed by atoms with Gasteiger partial charge in [0.1, 0.15) is 13.2 Å². The van der Waals surface area contributed by atoms with Gasteiger partial charge in [-0.1, -0.05) is 60.7 Å². The molecule has 1 amide bonds. The number of carbonyl (C=O) groups is 3. The number of nitrogens with zero attached hydrogens (tertiary/aromatic N) is 2. The quantitative estimate of drug-likeness (QED) is 0.325. The summed E-state index contributed by atoms with van der Waals surface area (Å²) in [6.45, 7) is 11.3. The average Bonchev–Trinajstić information content (AvgIpc) is 3.05. The van der Waals surface area contributed by atoms with Crippen molar-refractivity contribution in [1.29, 1.82) is 0 Å². The Kier molecular flexibility index (Phi) is 6.67. The first-order valence-corrected chi connectivity index (χ1v) is 12.0. The standard InChI is InChI=1S/C26H26N2O5S/c1-25(2)26(28-22(30)21(27-3)23(28)34-25,24(31)33-17-19-12-8-5-9-13-19)15-14-20(29)32-16-18-10-6-4-7-11-18/h4-13,21,23H,14-17H2,1-2H3/t21-,23+,26-/m0/s1. The van der Waals surface area contributed by atoms with Crippen LogP contribution in [0, 0.1) is 6.57 Å². The molecule has 2 saturated heterocycles. The summed E-state index contributed by atoms with van der Waals surface area (Å²) in [6.07, 6.45) is -0.00233. The molecule has 2 fully saturated rings. The molecule has 176 valence electrons. The molecule has 2 aliphatic heterocycles. The van der Waals surface area contributed by atoms with Crippen LogP contribution in [0.5, 0.6) is 0 Å². The molecule has 0 unspecified atom stereocenters. The number of rotatable bonds is 8. The highest BCUT2D eigenvalue weighted by molar-refractivity contribution is 8.01. The zero-order valence-electron chi connectivity index (χ0n) is 19.1. The van der Waals surface area contributed by atoms with Crippen molar-refractivity contribution < 1.29 is 23.9 Å². The van der Waals surface area contributed by atoms with Gasteiger partial charge in [-0.05, 0) is 31.4 Å². The van der Waals surface area contributed by atoms with E-state index >= 15 is 0 Å². The number of amides is 1. The van der Waals surface area contributed by atoms with Crippen molar-refractivity contribution in [3.63, 3.8) is 0 Å². The highest BCUT2D eigenvalue weighted by atomic mass is 32.2. The van der Waals surface area contributed by atoms with Crippen molar-refractivity contribution in [3.8, 4) is 0 Å². The fraction of sp³-hybridized carbons (Fsp3) is 0.385. The van der Waals surface area contributed by atoms with E-state index in [2.05, 4.69) is 4.85 Å². The molecule has 7 nitrogen and oxygen atoms in total. The van der Waals surface area contributed by atoms with Crippen LogP contribution in [0.25, 0.3) is 4.85 Å². The first-order chi connectivity index (χ1) is 16.3. The van der Waals surface area contributed by atoms with Gasteiger partial charge < -0.3 is 9.47 Å². The van der Waals surface area contributed by atoms with Crippen LogP contribution in [0.15, 0.2) is 60.7 Å². The average molecular weight is 479 g/mol. The van der Waals surface area contributed by atoms with Gasteiger partial charge in [0.25, 0.3) is 0 Å². The molecular formula is C26H26N2O5S. The predicted molar refractivity (Wildman–Crippen MR) is 127 cm³/mol. The molecule has 0 bridgehead atoms. The smallest absolute Gasteiger partial charge is 0.333 e. The Balaban J connectivity index is 1.53. The highest BCUT2D eigenvalue weighted by Crippen LogP contribution is 2.59. The number of benzene rings is 2. The van der Waals surface area contributed by atoms with E-state index in [9.17, 15) is 14.4 Å². The van der Waals surface area contributed by atoms with Gasteiger partial charge in [0.2, 0.25) is 0 Å². The third kappa shape index (κ3) is 4.16. The summed E-state index contributed by atoms with van der Waals surface area (Å²) < 4.78 is 10.4. The van der Waals surface area contributed by atoms with Crippen LogP contribution in [-0.2, 0) is 37.1 Å². The molecular weight excluding hydrogens is 452 g/mol. The number of hydrogen-bond acceptors (Lipinski definition) is 6. The van der Waals surface area contributed by atoms with Gasteiger partial charge in [-0.25, -0.2) is 11.4 Å². The number of esters is 2. The second-order valence-electron chi connectivity index (χ2n) is 8.87. The first-order valence-electron chi connectivity index (χ1n) is 11.1. The topological polar surface area (TPSA) is 77.3 Å². The van der Waals surface area contributed by atoms with E-state index in [4.69, 9.17) is 16.0 Å². The maximum atomic E-state index is 13.6. The lowest BCUT2D eigenvalue weighted by atomic mass is 9.77. The lowest BCUT2D eigenvalue weighted by molar-refractivity contribution is -0.175. The minimum absolute atomic E-state index is 0.0551. The Labute approximate surface area is 203 Å². The number of β-lactam (4-membered cyclic amide) rings is 1. The van der Waals surface area contributed by atoms with Crippen LogP contribution in [0.3, 0.4) is 0 Å².